The van der Waals surface area contributed by atoms with Crippen molar-refractivity contribution in [3.8, 4) is 0 Å². The van der Waals surface area contributed by atoms with Crippen LogP contribution in [-0.4, -0.2) is 16.3 Å². The number of aliphatic hydroxyl groups is 1. The molecule has 0 aliphatic rings. The van der Waals surface area contributed by atoms with E-state index in [1.54, 1.807) is 0 Å². The first-order valence-corrected chi connectivity index (χ1v) is 4.40. The van der Waals surface area contributed by atoms with Gasteiger partial charge in [-0.2, -0.15) is 0 Å². The smallest absolute Gasteiger partial charge is 0.0610 e. The van der Waals surface area contributed by atoms with Gasteiger partial charge in [-0.05, 0) is 25.1 Å². The van der Waals surface area contributed by atoms with Crippen LogP contribution in [0.2, 0.25) is 0 Å². The van der Waals surface area contributed by atoms with Crippen LogP contribution in [0, 0.1) is 13.0 Å². The number of nitrogens with zero attached hydrogens (tertiary/aromatic N) is 1. The summed E-state index contributed by atoms with van der Waals surface area (Å²) >= 11 is 0. The molecule has 1 aromatic heterocycles. The molecule has 0 aliphatic carbocycles. The van der Waals surface area contributed by atoms with Crippen molar-refractivity contribution in [3.05, 3.63) is 36.0 Å². The van der Waals surface area contributed by atoms with E-state index in [0.717, 1.165) is 10.9 Å². The molecule has 0 atom stereocenters. The van der Waals surface area contributed by atoms with Gasteiger partial charge in [-0.25, -0.2) is 0 Å². The molecule has 13 heavy (non-hydrogen) atoms. The predicted molar refractivity (Wildman–Crippen MR) is 52.6 cm³/mol. The van der Waals surface area contributed by atoms with Crippen LogP contribution in [-0.2, 0) is 6.54 Å². The SMILES string of the molecule is Cc1cc2[c]cccc2n1CCO. The fraction of sp³-hybridized carbons (Fsp3) is 0.273. The van der Waals surface area contributed by atoms with E-state index in [4.69, 9.17) is 5.11 Å². The van der Waals surface area contributed by atoms with Crippen molar-refractivity contribution in [2.24, 2.45) is 0 Å². The summed E-state index contributed by atoms with van der Waals surface area (Å²) < 4.78 is 2.10. The lowest BCUT2D eigenvalue weighted by Gasteiger charge is -2.04. The molecule has 2 heteroatoms. The lowest BCUT2D eigenvalue weighted by molar-refractivity contribution is 0.277. The minimum absolute atomic E-state index is 0.180. The number of aromatic nitrogens is 1. The first kappa shape index (κ1) is 8.32. The zero-order valence-electron chi connectivity index (χ0n) is 7.62. The van der Waals surface area contributed by atoms with Crippen molar-refractivity contribution in [3.63, 3.8) is 0 Å². The maximum atomic E-state index is 8.89. The van der Waals surface area contributed by atoms with Gasteiger partial charge in [0.1, 0.15) is 0 Å². The molecule has 0 saturated carbocycles. The Balaban J connectivity index is 2.64. The van der Waals surface area contributed by atoms with E-state index in [1.807, 2.05) is 19.1 Å². The second kappa shape index (κ2) is 3.23. The van der Waals surface area contributed by atoms with E-state index in [9.17, 15) is 0 Å². The third-order valence-electron chi connectivity index (χ3n) is 2.26. The molecular weight excluding hydrogens is 162 g/mol. The van der Waals surface area contributed by atoms with Gasteiger partial charge in [0.15, 0.2) is 0 Å². The molecule has 0 unspecified atom stereocenters. The summed E-state index contributed by atoms with van der Waals surface area (Å²) in [6.45, 7) is 2.89. The van der Waals surface area contributed by atoms with Crippen LogP contribution in [0.1, 0.15) is 5.69 Å². The van der Waals surface area contributed by atoms with E-state index < -0.39 is 0 Å². The van der Waals surface area contributed by atoms with Gasteiger partial charge in [0.2, 0.25) is 0 Å². The lowest BCUT2D eigenvalue weighted by Crippen LogP contribution is -2.02. The average Bonchev–Trinajstić information content (AvgIpc) is 2.44. The number of rotatable bonds is 2. The molecule has 1 heterocycles. The largest absolute Gasteiger partial charge is 0.395 e. The van der Waals surface area contributed by atoms with Gasteiger partial charge in [-0.3, -0.25) is 0 Å². The van der Waals surface area contributed by atoms with E-state index >= 15 is 0 Å². The lowest BCUT2D eigenvalue weighted by atomic mass is 10.2. The van der Waals surface area contributed by atoms with Crippen molar-refractivity contribution in [1.29, 1.82) is 0 Å². The number of aliphatic hydroxyl groups excluding tert-OH is 1. The molecule has 0 bridgehead atoms. The Bertz CT molecular complexity index is 417. The summed E-state index contributed by atoms with van der Waals surface area (Å²) in [5.74, 6) is 0. The molecule has 0 aliphatic heterocycles. The molecule has 0 saturated heterocycles. The van der Waals surface area contributed by atoms with E-state index in [0.29, 0.717) is 6.54 Å². The Labute approximate surface area is 77.4 Å². The molecule has 1 aromatic carbocycles. The molecule has 2 rings (SSSR count). The third kappa shape index (κ3) is 1.33. The highest BCUT2D eigenvalue weighted by Crippen LogP contribution is 2.17. The van der Waals surface area contributed by atoms with Crippen LogP contribution < -0.4 is 0 Å². The Morgan fingerprint density at radius 2 is 2.38 bits per heavy atom. The summed E-state index contributed by atoms with van der Waals surface area (Å²) in [7, 11) is 0. The first-order chi connectivity index (χ1) is 6.33. The number of hydrogen-bond donors (Lipinski definition) is 1. The summed E-state index contributed by atoms with van der Waals surface area (Å²) in [5, 5.41) is 10.0. The minimum Gasteiger partial charge on any atom is -0.395 e. The van der Waals surface area contributed by atoms with Crippen LogP contribution in [0.4, 0.5) is 0 Å². The molecular formula is C11H12NO. The highest BCUT2D eigenvalue weighted by atomic mass is 16.3. The number of hydrogen-bond acceptors (Lipinski definition) is 1. The van der Waals surface area contributed by atoms with Crippen molar-refractivity contribution in [1.82, 2.24) is 4.57 Å². The molecule has 2 aromatic rings. The highest BCUT2D eigenvalue weighted by molar-refractivity contribution is 5.80. The Hall–Kier alpha value is -1.28. The molecule has 67 valence electrons. The Morgan fingerprint density at radius 3 is 3.15 bits per heavy atom. The maximum Gasteiger partial charge on any atom is 0.0610 e. The van der Waals surface area contributed by atoms with Gasteiger partial charge in [-0.15, -0.1) is 0 Å². The molecule has 1 radical (unpaired) electrons. The van der Waals surface area contributed by atoms with Gasteiger partial charge < -0.3 is 9.67 Å². The fourth-order valence-corrected chi connectivity index (χ4v) is 1.67. The van der Waals surface area contributed by atoms with Crippen molar-refractivity contribution in [2.75, 3.05) is 6.61 Å². The molecule has 0 spiro atoms. The van der Waals surface area contributed by atoms with Crippen molar-refractivity contribution >= 4 is 10.9 Å². The van der Waals surface area contributed by atoms with E-state index in [1.165, 1.54) is 5.69 Å². The van der Waals surface area contributed by atoms with Gasteiger partial charge in [0.25, 0.3) is 0 Å². The topological polar surface area (TPSA) is 25.2 Å². The zero-order chi connectivity index (χ0) is 9.26. The quantitative estimate of drug-likeness (QED) is 0.737. The van der Waals surface area contributed by atoms with Gasteiger partial charge in [0, 0.05) is 23.1 Å². The second-order valence-electron chi connectivity index (χ2n) is 3.13. The monoisotopic (exact) mass is 174 g/mol. The summed E-state index contributed by atoms with van der Waals surface area (Å²) in [4.78, 5) is 0. The summed E-state index contributed by atoms with van der Waals surface area (Å²) in [5.41, 5.74) is 2.32. The van der Waals surface area contributed by atoms with Gasteiger partial charge in [0.05, 0.1) is 6.61 Å². The minimum atomic E-state index is 0.180. The molecule has 1 N–H and O–H groups in total. The van der Waals surface area contributed by atoms with Gasteiger partial charge in [-0.1, -0.05) is 12.1 Å². The van der Waals surface area contributed by atoms with Crippen molar-refractivity contribution < 1.29 is 5.11 Å². The van der Waals surface area contributed by atoms with Crippen LogP contribution in [0.5, 0.6) is 0 Å². The predicted octanol–water partition coefficient (Wildman–Crippen LogP) is 1.74. The zero-order valence-corrected chi connectivity index (χ0v) is 7.62. The van der Waals surface area contributed by atoms with Crippen LogP contribution in [0.25, 0.3) is 10.9 Å². The fourth-order valence-electron chi connectivity index (χ4n) is 1.67. The summed E-state index contributed by atoms with van der Waals surface area (Å²) in [6, 6.07) is 11.2. The third-order valence-corrected chi connectivity index (χ3v) is 2.26. The molecule has 0 amide bonds. The Kier molecular flexibility index (Phi) is 2.07. The molecule has 0 fully saturated rings. The Morgan fingerprint density at radius 1 is 1.54 bits per heavy atom. The number of aryl methyl sites for hydroxylation is 1. The van der Waals surface area contributed by atoms with Crippen LogP contribution >= 0.6 is 0 Å². The highest BCUT2D eigenvalue weighted by Gasteiger charge is 2.03. The van der Waals surface area contributed by atoms with Crippen LogP contribution in [0.3, 0.4) is 0 Å². The maximum absolute atomic E-state index is 8.89. The van der Waals surface area contributed by atoms with E-state index in [-0.39, 0.29) is 6.61 Å². The van der Waals surface area contributed by atoms with Crippen LogP contribution in [0.15, 0.2) is 24.3 Å². The van der Waals surface area contributed by atoms with Gasteiger partial charge >= 0.3 is 0 Å². The van der Waals surface area contributed by atoms with E-state index in [2.05, 4.69) is 22.8 Å². The number of fused-ring (bicyclic) bond motifs is 1. The van der Waals surface area contributed by atoms with Crippen molar-refractivity contribution in [2.45, 2.75) is 13.5 Å². The normalized spacial score (nSPS) is 10.9. The second-order valence-corrected chi connectivity index (χ2v) is 3.13. The first-order valence-electron chi connectivity index (χ1n) is 4.40. The number of benzene rings is 1. The average molecular weight is 174 g/mol. The summed E-state index contributed by atoms with van der Waals surface area (Å²) in [6.07, 6.45) is 0. The molecule has 2 nitrogen and oxygen atoms in total. The standard InChI is InChI=1S/C11H12NO/c1-9-8-10-4-2-3-5-11(10)12(9)6-7-13/h2-3,5,8,13H,6-7H2,1H3.